The highest BCUT2D eigenvalue weighted by Gasteiger charge is 2.58. The molecule has 4 heterocycles. The van der Waals surface area contributed by atoms with Crippen molar-refractivity contribution in [2.45, 2.75) is 28.7 Å². The van der Waals surface area contributed by atoms with Crippen molar-refractivity contribution in [1.82, 2.24) is 15.6 Å². The predicted octanol–water partition coefficient (Wildman–Crippen LogP) is 0.425. The van der Waals surface area contributed by atoms with Gasteiger partial charge >= 0.3 is 0 Å². The summed E-state index contributed by atoms with van der Waals surface area (Å²) in [4.78, 5) is 17.0. The van der Waals surface area contributed by atoms with Crippen LogP contribution in [0.2, 0.25) is 0 Å². The zero-order valence-electron chi connectivity index (χ0n) is 11.7. The molecule has 5 N–H and O–H groups in total. The number of anilines is 1. The van der Waals surface area contributed by atoms with E-state index < -0.39 is 4.75 Å². The molecule has 2 atom stereocenters. The average Bonchev–Trinajstić information content (AvgIpc) is 2.87. The Morgan fingerprint density at radius 1 is 1.43 bits per heavy atom. The first kappa shape index (κ1) is 13.4. The quantitative estimate of drug-likeness (QED) is 0.633. The zero-order chi connectivity index (χ0) is 14.4. The van der Waals surface area contributed by atoms with Crippen LogP contribution in [0.1, 0.15) is 24.4 Å². The van der Waals surface area contributed by atoms with E-state index in [1.807, 2.05) is 6.07 Å². The summed E-state index contributed by atoms with van der Waals surface area (Å²) in [5.74, 6) is 0.0571. The van der Waals surface area contributed by atoms with E-state index in [4.69, 9.17) is 5.73 Å². The van der Waals surface area contributed by atoms with Crippen LogP contribution in [-0.2, 0) is 4.79 Å². The number of nitrogens with one attached hydrogen (secondary N) is 3. The first-order valence-electron chi connectivity index (χ1n) is 7.39. The molecule has 3 aliphatic rings. The van der Waals surface area contributed by atoms with Crippen molar-refractivity contribution in [2.75, 3.05) is 25.1 Å². The summed E-state index contributed by atoms with van der Waals surface area (Å²) in [6.45, 7) is 2.55. The van der Waals surface area contributed by atoms with Gasteiger partial charge in [0.05, 0.1) is 12.7 Å². The van der Waals surface area contributed by atoms with Gasteiger partial charge in [-0.15, -0.1) is 0 Å². The molecule has 0 bridgehead atoms. The van der Waals surface area contributed by atoms with E-state index in [-0.39, 0.29) is 17.9 Å². The van der Waals surface area contributed by atoms with Crippen molar-refractivity contribution >= 4 is 23.4 Å². The molecule has 4 rings (SSSR count). The number of hydrogen-bond acceptors (Lipinski definition) is 6. The smallest absolute Gasteiger partial charge is 0.236 e. The molecule has 3 aliphatic heterocycles. The van der Waals surface area contributed by atoms with Gasteiger partial charge in [-0.2, -0.15) is 0 Å². The third kappa shape index (κ3) is 1.81. The number of aromatic nitrogens is 1. The summed E-state index contributed by atoms with van der Waals surface area (Å²) in [6, 6.07) is 1.94. The minimum atomic E-state index is -0.615. The molecule has 2 unspecified atom stereocenters. The molecule has 0 radical (unpaired) electrons. The van der Waals surface area contributed by atoms with Gasteiger partial charge in [0.15, 0.2) is 0 Å². The second kappa shape index (κ2) is 4.86. The first-order chi connectivity index (χ1) is 10.2. The van der Waals surface area contributed by atoms with Gasteiger partial charge in [0.2, 0.25) is 5.91 Å². The zero-order valence-corrected chi connectivity index (χ0v) is 12.5. The first-order valence-corrected chi connectivity index (χ1v) is 8.21. The number of carbonyl (C=O) groups is 1. The number of pyridine rings is 1. The summed E-state index contributed by atoms with van der Waals surface area (Å²) in [6.07, 6.45) is 3.76. The van der Waals surface area contributed by atoms with Crippen molar-refractivity contribution in [3.8, 4) is 0 Å². The second-order valence-electron chi connectivity index (χ2n) is 5.85. The van der Waals surface area contributed by atoms with Crippen LogP contribution in [0.4, 0.5) is 5.69 Å². The topological polar surface area (TPSA) is 92.1 Å². The lowest BCUT2D eigenvalue weighted by molar-refractivity contribution is -0.122. The van der Waals surface area contributed by atoms with Crippen molar-refractivity contribution in [3.63, 3.8) is 0 Å². The summed E-state index contributed by atoms with van der Waals surface area (Å²) < 4.78 is -0.615. The Balaban J connectivity index is 1.83. The highest BCUT2D eigenvalue weighted by atomic mass is 32.2. The third-order valence-corrected chi connectivity index (χ3v) is 6.48. The Hall–Kier alpha value is -1.31. The van der Waals surface area contributed by atoms with Gasteiger partial charge in [-0.3, -0.25) is 10.1 Å². The summed E-state index contributed by atoms with van der Waals surface area (Å²) in [7, 11) is 0. The molecule has 1 aromatic rings. The molecule has 6 nitrogen and oxygen atoms in total. The maximum atomic E-state index is 12.5. The lowest BCUT2D eigenvalue weighted by atomic mass is 9.76. The van der Waals surface area contributed by atoms with E-state index in [1.165, 1.54) is 0 Å². The second-order valence-corrected chi connectivity index (χ2v) is 7.12. The molecule has 1 saturated heterocycles. The fourth-order valence-electron chi connectivity index (χ4n) is 3.87. The van der Waals surface area contributed by atoms with E-state index in [0.717, 1.165) is 42.2 Å². The fourth-order valence-corrected chi connectivity index (χ4v) is 5.46. The summed E-state index contributed by atoms with van der Waals surface area (Å²) >= 11 is 1.57. The van der Waals surface area contributed by atoms with E-state index in [1.54, 1.807) is 18.0 Å². The SMILES string of the molecule is NC(=O)C1(C2CCNCC2)Sc2nccc3c2C1NCN3. The Labute approximate surface area is 127 Å². The van der Waals surface area contributed by atoms with Crippen LogP contribution >= 0.6 is 11.8 Å². The number of primary amides is 1. The molecule has 7 heteroatoms. The Morgan fingerprint density at radius 3 is 3.00 bits per heavy atom. The molecule has 0 aromatic carbocycles. The largest absolute Gasteiger partial charge is 0.372 e. The lowest BCUT2D eigenvalue weighted by Gasteiger charge is -2.42. The summed E-state index contributed by atoms with van der Waals surface area (Å²) in [5.41, 5.74) is 8.11. The molecular formula is C14H19N5OS. The Kier molecular flexibility index (Phi) is 3.09. The van der Waals surface area contributed by atoms with Crippen LogP contribution in [0.15, 0.2) is 17.3 Å². The predicted molar refractivity (Wildman–Crippen MR) is 82.0 cm³/mol. The highest BCUT2D eigenvalue weighted by Crippen LogP contribution is 2.58. The van der Waals surface area contributed by atoms with E-state index >= 15 is 0 Å². The average molecular weight is 305 g/mol. The van der Waals surface area contributed by atoms with Gasteiger partial charge in [0.1, 0.15) is 9.77 Å². The molecule has 1 fully saturated rings. The molecule has 21 heavy (non-hydrogen) atoms. The number of nitrogens with two attached hydrogens (primary N) is 1. The standard InChI is InChI=1S/C14H19N5OS/c15-13(20)14(8-1-4-16-5-2-8)11-10-9(18-7-19-11)3-6-17-12(10)21-14/h3,6,8,11,16,18-19H,1-2,4-5,7H2,(H2,15,20). The van der Waals surface area contributed by atoms with Crippen LogP contribution in [0.3, 0.4) is 0 Å². The van der Waals surface area contributed by atoms with E-state index in [9.17, 15) is 4.79 Å². The van der Waals surface area contributed by atoms with Crippen LogP contribution in [0, 0.1) is 5.92 Å². The molecular weight excluding hydrogens is 286 g/mol. The Morgan fingerprint density at radius 2 is 2.24 bits per heavy atom. The molecule has 0 spiro atoms. The van der Waals surface area contributed by atoms with Crippen molar-refractivity contribution in [1.29, 1.82) is 0 Å². The molecule has 0 aliphatic carbocycles. The van der Waals surface area contributed by atoms with Crippen molar-refractivity contribution in [2.24, 2.45) is 11.7 Å². The maximum absolute atomic E-state index is 12.5. The normalized spacial score (nSPS) is 31.5. The lowest BCUT2D eigenvalue weighted by Crippen LogP contribution is -2.57. The fraction of sp³-hybridized carbons (Fsp3) is 0.571. The molecule has 1 aromatic heterocycles. The van der Waals surface area contributed by atoms with Gasteiger partial charge < -0.3 is 16.4 Å². The number of piperidine rings is 1. The van der Waals surface area contributed by atoms with E-state index in [2.05, 4.69) is 20.9 Å². The molecule has 1 amide bonds. The monoisotopic (exact) mass is 305 g/mol. The van der Waals surface area contributed by atoms with E-state index in [0.29, 0.717) is 6.67 Å². The van der Waals surface area contributed by atoms with Crippen molar-refractivity contribution < 1.29 is 4.79 Å². The highest BCUT2D eigenvalue weighted by molar-refractivity contribution is 8.01. The van der Waals surface area contributed by atoms with Gasteiger partial charge in [-0.1, -0.05) is 11.8 Å². The van der Waals surface area contributed by atoms with Crippen molar-refractivity contribution in [3.05, 3.63) is 17.8 Å². The number of rotatable bonds is 2. The molecule has 0 saturated carbocycles. The number of hydrogen-bond donors (Lipinski definition) is 4. The van der Waals surface area contributed by atoms with Gasteiger partial charge in [-0.05, 0) is 37.9 Å². The Bertz CT molecular complexity index is 589. The van der Waals surface area contributed by atoms with Crippen LogP contribution in [-0.4, -0.2) is 35.4 Å². The van der Waals surface area contributed by atoms with Gasteiger partial charge in [0.25, 0.3) is 0 Å². The van der Waals surface area contributed by atoms with Crippen LogP contribution in [0.25, 0.3) is 0 Å². The molecule has 112 valence electrons. The van der Waals surface area contributed by atoms with Gasteiger partial charge in [-0.25, -0.2) is 4.98 Å². The number of amides is 1. The number of carbonyl (C=O) groups excluding carboxylic acids is 1. The van der Waals surface area contributed by atoms with Crippen LogP contribution in [0.5, 0.6) is 0 Å². The maximum Gasteiger partial charge on any atom is 0.236 e. The minimum Gasteiger partial charge on any atom is -0.372 e. The summed E-state index contributed by atoms with van der Waals surface area (Å²) in [5, 5.41) is 11.1. The minimum absolute atomic E-state index is 0.0388. The third-order valence-electron chi connectivity index (χ3n) is 4.85. The van der Waals surface area contributed by atoms with Crippen LogP contribution < -0.4 is 21.7 Å². The number of thioether (sulfide) groups is 1. The number of nitrogens with zero attached hydrogens (tertiary/aromatic N) is 1. The van der Waals surface area contributed by atoms with Gasteiger partial charge in [0, 0.05) is 17.4 Å².